The minimum atomic E-state index is -0.690. The lowest BCUT2D eigenvalue weighted by molar-refractivity contribution is -0.394. The molecule has 0 saturated carbocycles. The third-order valence-corrected chi connectivity index (χ3v) is 4.02. The molecule has 0 aliphatic heterocycles. The minimum absolute atomic E-state index is 0.0982. The third-order valence-electron chi connectivity index (χ3n) is 4.02. The quantitative estimate of drug-likeness (QED) is 0.404. The minimum Gasteiger partial charge on any atom is -0.390 e. The summed E-state index contributed by atoms with van der Waals surface area (Å²) in [6.45, 7) is 5.73. The van der Waals surface area contributed by atoms with Gasteiger partial charge in [-0.05, 0) is 43.9 Å². The van der Waals surface area contributed by atoms with E-state index in [1.807, 2.05) is 55.7 Å². The normalized spacial score (nSPS) is 10.8. The molecule has 8 nitrogen and oxygen atoms in total. The zero-order chi connectivity index (χ0) is 18.1. The predicted octanol–water partition coefficient (Wildman–Crippen LogP) is 2.79. The van der Waals surface area contributed by atoms with Gasteiger partial charge in [-0.15, -0.1) is 0 Å². The van der Waals surface area contributed by atoms with E-state index >= 15 is 0 Å². The standard InChI is InChI=1S/C17H17N5O3/c1-11-4-6-14(7-5-11)21-12(2)8-15(13(21)3)16(23)9-20-10-18-17(19-20)22(24)25/h4-8,10H,9H2,1-3H3. The van der Waals surface area contributed by atoms with Crippen LogP contribution in [0.25, 0.3) is 5.69 Å². The summed E-state index contributed by atoms with van der Waals surface area (Å²) in [5.74, 6) is -0.691. The van der Waals surface area contributed by atoms with Crippen molar-refractivity contribution in [3.05, 3.63) is 69.3 Å². The van der Waals surface area contributed by atoms with E-state index in [-0.39, 0.29) is 12.3 Å². The molecule has 0 aliphatic rings. The maximum atomic E-state index is 12.6. The average molecular weight is 339 g/mol. The van der Waals surface area contributed by atoms with Crippen molar-refractivity contribution in [2.24, 2.45) is 0 Å². The molecule has 0 saturated heterocycles. The van der Waals surface area contributed by atoms with Gasteiger partial charge >= 0.3 is 5.95 Å². The number of hydrogen-bond acceptors (Lipinski definition) is 5. The number of carbonyl (C=O) groups is 1. The second-order valence-corrected chi connectivity index (χ2v) is 5.88. The second-order valence-electron chi connectivity index (χ2n) is 5.88. The van der Waals surface area contributed by atoms with Crippen LogP contribution in [0.15, 0.2) is 36.7 Å². The van der Waals surface area contributed by atoms with Crippen LogP contribution in [0.5, 0.6) is 0 Å². The summed E-state index contributed by atoms with van der Waals surface area (Å²) in [6.07, 6.45) is 1.19. The number of Topliss-reactive ketones (excluding diaryl/α,β-unsaturated/α-hetero) is 1. The summed E-state index contributed by atoms with van der Waals surface area (Å²) >= 11 is 0. The molecule has 2 heterocycles. The topological polar surface area (TPSA) is 95.8 Å². The lowest BCUT2D eigenvalue weighted by atomic mass is 10.1. The zero-order valence-corrected chi connectivity index (χ0v) is 14.1. The Labute approximate surface area is 143 Å². The van der Waals surface area contributed by atoms with Crippen molar-refractivity contribution >= 4 is 11.7 Å². The Morgan fingerprint density at radius 2 is 1.88 bits per heavy atom. The number of rotatable bonds is 5. The largest absolute Gasteiger partial charge is 0.490 e. The van der Waals surface area contributed by atoms with E-state index in [0.29, 0.717) is 5.56 Å². The molecule has 0 spiro atoms. The van der Waals surface area contributed by atoms with Crippen molar-refractivity contribution in [2.45, 2.75) is 27.3 Å². The van der Waals surface area contributed by atoms with E-state index in [0.717, 1.165) is 22.6 Å². The molecule has 1 aromatic carbocycles. The van der Waals surface area contributed by atoms with Crippen molar-refractivity contribution in [2.75, 3.05) is 0 Å². The molecule has 0 radical (unpaired) electrons. The number of nitrogens with zero attached hydrogens (tertiary/aromatic N) is 5. The van der Waals surface area contributed by atoms with Crippen LogP contribution in [0.3, 0.4) is 0 Å². The van der Waals surface area contributed by atoms with Crippen LogP contribution in [0, 0.1) is 30.9 Å². The SMILES string of the molecule is Cc1ccc(-n2c(C)cc(C(=O)Cn3cnc([N+](=O)[O-])n3)c2C)cc1. The molecule has 25 heavy (non-hydrogen) atoms. The van der Waals surface area contributed by atoms with E-state index in [1.54, 1.807) is 0 Å². The van der Waals surface area contributed by atoms with Gasteiger partial charge < -0.3 is 14.7 Å². The number of hydrogen-bond donors (Lipinski definition) is 0. The monoisotopic (exact) mass is 339 g/mol. The number of nitro groups is 1. The van der Waals surface area contributed by atoms with Gasteiger partial charge in [-0.3, -0.25) is 4.79 Å². The lowest BCUT2D eigenvalue weighted by Crippen LogP contribution is -2.12. The molecule has 3 rings (SSSR count). The van der Waals surface area contributed by atoms with Gasteiger partial charge in [-0.25, -0.2) is 0 Å². The van der Waals surface area contributed by atoms with Gasteiger partial charge in [-0.1, -0.05) is 22.7 Å². The van der Waals surface area contributed by atoms with Crippen LogP contribution in [0.2, 0.25) is 0 Å². The Kier molecular flexibility index (Phi) is 4.18. The van der Waals surface area contributed by atoms with Gasteiger partial charge in [0.2, 0.25) is 6.33 Å². The second kappa shape index (κ2) is 6.31. The highest BCUT2D eigenvalue weighted by atomic mass is 16.6. The molecule has 0 unspecified atom stereocenters. The first-order chi connectivity index (χ1) is 11.9. The van der Waals surface area contributed by atoms with Crippen LogP contribution >= 0.6 is 0 Å². The van der Waals surface area contributed by atoms with E-state index in [2.05, 4.69) is 10.1 Å². The number of ketones is 1. The highest BCUT2D eigenvalue weighted by molar-refractivity contribution is 5.97. The Morgan fingerprint density at radius 3 is 2.48 bits per heavy atom. The van der Waals surface area contributed by atoms with Gasteiger partial charge in [0.25, 0.3) is 0 Å². The van der Waals surface area contributed by atoms with Gasteiger partial charge in [0, 0.05) is 27.7 Å². The molecule has 0 bridgehead atoms. The Morgan fingerprint density at radius 1 is 1.20 bits per heavy atom. The summed E-state index contributed by atoms with van der Waals surface area (Å²) < 4.78 is 3.19. The van der Waals surface area contributed by atoms with Crippen molar-refractivity contribution < 1.29 is 9.72 Å². The summed E-state index contributed by atoms with van der Waals surface area (Å²) in [4.78, 5) is 26.1. The van der Waals surface area contributed by atoms with Crippen molar-refractivity contribution in [1.29, 1.82) is 0 Å². The fourth-order valence-electron chi connectivity index (χ4n) is 2.81. The van der Waals surface area contributed by atoms with Crippen LogP contribution in [-0.4, -0.2) is 30.0 Å². The van der Waals surface area contributed by atoms with Gasteiger partial charge in [0.1, 0.15) is 6.54 Å². The third kappa shape index (κ3) is 3.18. The summed E-state index contributed by atoms with van der Waals surface area (Å²) in [6, 6.07) is 9.87. The molecule has 0 amide bonds. The van der Waals surface area contributed by atoms with E-state index in [9.17, 15) is 14.9 Å². The summed E-state index contributed by atoms with van der Waals surface area (Å²) in [5, 5.41) is 14.3. The van der Waals surface area contributed by atoms with Crippen LogP contribution in [0.1, 0.15) is 27.3 Å². The molecule has 0 fully saturated rings. The Hall–Kier alpha value is -3.29. The van der Waals surface area contributed by atoms with Crippen molar-refractivity contribution in [3.63, 3.8) is 0 Å². The predicted molar refractivity (Wildman–Crippen MR) is 91.0 cm³/mol. The first-order valence-corrected chi connectivity index (χ1v) is 7.70. The smallest absolute Gasteiger partial charge is 0.390 e. The average Bonchev–Trinajstić information content (AvgIpc) is 3.13. The maximum Gasteiger partial charge on any atom is 0.490 e. The van der Waals surface area contributed by atoms with E-state index in [1.165, 1.54) is 11.0 Å². The van der Waals surface area contributed by atoms with Gasteiger partial charge in [-0.2, -0.15) is 4.68 Å². The number of aromatic nitrogens is 4. The van der Waals surface area contributed by atoms with Crippen molar-refractivity contribution in [1.82, 2.24) is 19.3 Å². The molecular weight excluding hydrogens is 322 g/mol. The zero-order valence-electron chi connectivity index (χ0n) is 14.1. The molecular formula is C17H17N5O3. The fourth-order valence-corrected chi connectivity index (χ4v) is 2.81. The van der Waals surface area contributed by atoms with E-state index < -0.39 is 10.9 Å². The molecule has 8 heteroatoms. The summed E-state index contributed by atoms with van der Waals surface area (Å²) in [7, 11) is 0. The lowest BCUT2D eigenvalue weighted by Gasteiger charge is -2.10. The Balaban J connectivity index is 1.89. The molecule has 3 aromatic rings. The van der Waals surface area contributed by atoms with E-state index in [4.69, 9.17) is 0 Å². The Bertz CT molecular complexity index is 953. The highest BCUT2D eigenvalue weighted by Gasteiger charge is 2.20. The van der Waals surface area contributed by atoms with Crippen molar-refractivity contribution in [3.8, 4) is 5.69 Å². The fraction of sp³-hybridized carbons (Fsp3) is 0.235. The molecule has 0 aliphatic carbocycles. The maximum absolute atomic E-state index is 12.6. The summed E-state index contributed by atoms with van der Waals surface area (Å²) in [5.41, 5.74) is 4.47. The van der Waals surface area contributed by atoms with Crippen LogP contribution in [0.4, 0.5) is 5.95 Å². The highest BCUT2D eigenvalue weighted by Crippen LogP contribution is 2.22. The number of benzene rings is 1. The van der Waals surface area contributed by atoms with Crippen LogP contribution in [-0.2, 0) is 6.54 Å². The molecule has 0 N–H and O–H groups in total. The molecule has 2 aromatic heterocycles. The first-order valence-electron chi connectivity index (χ1n) is 7.70. The van der Waals surface area contributed by atoms with Crippen LogP contribution < -0.4 is 0 Å². The van der Waals surface area contributed by atoms with Gasteiger partial charge in [0.15, 0.2) is 5.78 Å². The molecule has 0 atom stereocenters. The van der Waals surface area contributed by atoms with Gasteiger partial charge in [0.05, 0.1) is 0 Å². The molecule has 128 valence electrons. The number of carbonyl (C=O) groups excluding carboxylic acids is 1. The number of aryl methyl sites for hydroxylation is 2. The first kappa shape index (κ1) is 16.6.